The van der Waals surface area contributed by atoms with Gasteiger partial charge in [-0.3, -0.25) is 0 Å². The van der Waals surface area contributed by atoms with E-state index >= 15 is 0 Å². The predicted molar refractivity (Wildman–Crippen MR) is 68.6 cm³/mol. The van der Waals surface area contributed by atoms with E-state index < -0.39 is 0 Å². The first-order valence-corrected chi connectivity index (χ1v) is 6.17. The molecule has 0 aliphatic rings. The van der Waals surface area contributed by atoms with Gasteiger partial charge in [0.25, 0.3) is 0 Å². The number of hydrogen-bond acceptors (Lipinski definition) is 2. The minimum absolute atomic E-state index is 0.0500. The van der Waals surface area contributed by atoms with Crippen molar-refractivity contribution in [1.82, 2.24) is 0 Å². The molecule has 0 aliphatic heterocycles. The molecule has 2 unspecified atom stereocenters. The number of methoxy groups -OCH3 is 1. The average Bonchev–Trinajstić information content (AvgIpc) is 2.29. The zero-order chi connectivity index (χ0) is 12.8. The highest BCUT2D eigenvalue weighted by molar-refractivity contribution is 5.32. The third-order valence-corrected chi connectivity index (χ3v) is 3.04. The molecule has 1 aromatic rings. The Morgan fingerprint density at radius 2 is 2.12 bits per heavy atom. The van der Waals surface area contributed by atoms with E-state index in [0.29, 0.717) is 5.92 Å². The Kier molecular flexibility index (Phi) is 5.42. The molecule has 17 heavy (non-hydrogen) atoms. The van der Waals surface area contributed by atoms with Gasteiger partial charge >= 0.3 is 0 Å². The zero-order valence-corrected chi connectivity index (χ0v) is 10.9. The molecule has 96 valence electrons. The van der Waals surface area contributed by atoms with Gasteiger partial charge in [0.2, 0.25) is 0 Å². The molecule has 0 radical (unpaired) electrons. The predicted octanol–water partition coefficient (Wildman–Crippen LogP) is 3.66. The summed E-state index contributed by atoms with van der Waals surface area (Å²) in [5.41, 5.74) is 7.06. The van der Waals surface area contributed by atoms with Crippen molar-refractivity contribution in [2.24, 2.45) is 11.7 Å². The molecule has 0 aliphatic carbocycles. The van der Waals surface area contributed by atoms with Crippen LogP contribution in [0, 0.1) is 11.7 Å². The molecule has 2 nitrogen and oxygen atoms in total. The van der Waals surface area contributed by atoms with Crippen molar-refractivity contribution in [3.8, 4) is 5.75 Å². The minimum Gasteiger partial charge on any atom is -0.494 e. The Morgan fingerprint density at radius 1 is 1.41 bits per heavy atom. The van der Waals surface area contributed by atoms with Crippen molar-refractivity contribution in [2.45, 2.75) is 39.2 Å². The molecule has 0 bridgehead atoms. The van der Waals surface area contributed by atoms with Gasteiger partial charge in [0.15, 0.2) is 11.6 Å². The standard InChI is InChI=1S/C14H22FNO/c1-4-5-10(2)8-13(16)11-6-7-12(15)14(9-11)17-3/h6-7,9-10,13H,4-5,8,16H2,1-3H3. The third-order valence-electron chi connectivity index (χ3n) is 3.04. The average molecular weight is 239 g/mol. The number of halogens is 1. The van der Waals surface area contributed by atoms with Crippen molar-refractivity contribution in [3.63, 3.8) is 0 Å². The maximum atomic E-state index is 13.3. The second-order valence-electron chi connectivity index (χ2n) is 4.63. The van der Waals surface area contributed by atoms with Gasteiger partial charge in [-0.25, -0.2) is 4.39 Å². The molecule has 0 aromatic heterocycles. The smallest absolute Gasteiger partial charge is 0.165 e. The van der Waals surface area contributed by atoms with Crippen molar-refractivity contribution in [1.29, 1.82) is 0 Å². The highest BCUT2D eigenvalue weighted by atomic mass is 19.1. The van der Waals surface area contributed by atoms with Crippen LogP contribution in [0.25, 0.3) is 0 Å². The van der Waals surface area contributed by atoms with E-state index in [9.17, 15) is 4.39 Å². The van der Waals surface area contributed by atoms with Crippen molar-refractivity contribution in [2.75, 3.05) is 7.11 Å². The Hall–Kier alpha value is -1.09. The van der Waals surface area contributed by atoms with Crippen molar-refractivity contribution >= 4 is 0 Å². The summed E-state index contributed by atoms with van der Waals surface area (Å²) in [5.74, 6) is 0.511. The minimum atomic E-state index is -0.343. The van der Waals surface area contributed by atoms with E-state index in [-0.39, 0.29) is 17.6 Å². The Balaban J connectivity index is 2.71. The summed E-state index contributed by atoms with van der Waals surface area (Å²) in [7, 11) is 1.47. The van der Waals surface area contributed by atoms with Crippen LogP contribution in [0.4, 0.5) is 4.39 Å². The van der Waals surface area contributed by atoms with Crippen LogP contribution in [-0.4, -0.2) is 7.11 Å². The quantitative estimate of drug-likeness (QED) is 0.822. The third kappa shape index (κ3) is 4.00. The van der Waals surface area contributed by atoms with Crippen LogP contribution in [0.3, 0.4) is 0 Å². The molecule has 0 saturated heterocycles. The highest BCUT2D eigenvalue weighted by Crippen LogP contribution is 2.26. The topological polar surface area (TPSA) is 35.2 Å². The SMILES string of the molecule is CCCC(C)CC(N)c1ccc(F)c(OC)c1. The van der Waals surface area contributed by atoms with E-state index in [1.165, 1.54) is 26.0 Å². The van der Waals surface area contributed by atoms with Crippen molar-refractivity contribution in [3.05, 3.63) is 29.6 Å². The fourth-order valence-electron chi connectivity index (χ4n) is 2.09. The molecular weight excluding hydrogens is 217 g/mol. The normalized spacial score (nSPS) is 14.4. The molecule has 0 heterocycles. The molecule has 1 rings (SSSR count). The first-order chi connectivity index (χ1) is 8.08. The van der Waals surface area contributed by atoms with Gasteiger partial charge in [-0.2, -0.15) is 0 Å². The van der Waals surface area contributed by atoms with Gasteiger partial charge in [-0.05, 0) is 30.0 Å². The van der Waals surface area contributed by atoms with Gasteiger partial charge in [-0.1, -0.05) is 32.8 Å². The Bertz CT molecular complexity index is 354. The Labute approximate surface area is 103 Å². The molecule has 0 fully saturated rings. The van der Waals surface area contributed by atoms with Gasteiger partial charge in [-0.15, -0.1) is 0 Å². The lowest BCUT2D eigenvalue weighted by atomic mass is 9.93. The number of rotatable bonds is 6. The summed E-state index contributed by atoms with van der Waals surface area (Å²) >= 11 is 0. The van der Waals surface area contributed by atoms with E-state index in [4.69, 9.17) is 10.5 Å². The van der Waals surface area contributed by atoms with Crippen LogP contribution in [-0.2, 0) is 0 Å². The van der Waals surface area contributed by atoms with Crippen LogP contribution in [0.5, 0.6) is 5.75 Å². The fraction of sp³-hybridized carbons (Fsp3) is 0.571. The summed E-state index contributed by atoms with van der Waals surface area (Å²) < 4.78 is 18.2. The number of benzene rings is 1. The summed E-state index contributed by atoms with van der Waals surface area (Å²) in [6.07, 6.45) is 3.26. The molecule has 0 saturated carbocycles. The van der Waals surface area contributed by atoms with E-state index in [1.807, 2.05) is 0 Å². The highest BCUT2D eigenvalue weighted by Gasteiger charge is 2.13. The Morgan fingerprint density at radius 3 is 2.71 bits per heavy atom. The first-order valence-electron chi connectivity index (χ1n) is 6.17. The molecular formula is C14H22FNO. The lowest BCUT2D eigenvalue weighted by Crippen LogP contribution is -2.14. The molecule has 1 aromatic carbocycles. The molecule has 3 heteroatoms. The molecule has 2 N–H and O–H groups in total. The lowest BCUT2D eigenvalue weighted by Gasteiger charge is -2.17. The molecule has 0 amide bonds. The summed E-state index contributed by atoms with van der Waals surface area (Å²) in [6, 6.07) is 4.80. The van der Waals surface area contributed by atoms with Gasteiger partial charge in [0, 0.05) is 6.04 Å². The number of ether oxygens (including phenoxy) is 1. The summed E-state index contributed by atoms with van der Waals surface area (Å²) in [4.78, 5) is 0. The first kappa shape index (κ1) is 14.0. The lowest BCUT2D eigenvalue weighted by molar-refractivity contribution is 0.384. The van der Waals surface area contributed by atoms with E-state index in [0.717, 1.165) is 12.0 Å². The van der Waals surface area contributed by atoms with E-state index in [2.05, 4.69) is 13.8 Å². The zero-order valence-electron chi connectivity index (χ0n) is 10.9. The second kappa shape index (κ2) is 6.60. The maximum absolute atomic E-state index is 13.3. The van der Waals surface area contributed by atoms with Gasteiger partial charge in [0.05, 0.1) is 7.11 Å². The molecule has 2 atom stereocenters. The largest absolute Gasteiger partial charge is 0.494 e. The van der Waals surface area contributed by atoms with Gasteiger partial charge in [0.1, 0.15) is 0 Å². The van der Waals surface area contributed by atoms with E-state index in [1.54, 1.807) is 12.1 Å². The fourth-order valence-corrected chi connectivity index (χ4v) is 2.09. The van der Waals surface area contributed by atoms with Crippen LogP contribution in [0.15, 0.2) is 18.2 Å². The van der Waals surface area contributed by atoms with Crippen LogP contribution in [0.2, 0.25) is 0 Å². The second-order valence-corrected chi connectivity index (χ2v) is 4.63. The summed E-state index contributed by atoms with van der Waals surface area (Å²) in [5, 5.41) is 0. The molecule has 0 spiro atoms. The van der Waals surface area contributed by atoms with Crippen LogP contribution < -0.4 is 10.5 Å². The summed E-state index contributed by atoms with van der Waals surface area (Å²) in [6.45, 7) is 4.37. The van der Waals surface area contributed by atoms with Gasteiger partial charge < -0.3 is 10.5 Å². The van der Waals surface area contributed by atoms with Crippen molar-refractivity contribution < 1.29 is 9.13 Å². The van der Waals surface area contributed by atoms with Crippen LogP contribution in [0.1, 0.15) is 44.7 Å². The van der Waals surface area contributed by atoms with Crippen LogP contribution >= 0.6 is 0 Å². The maximum Gasteiger partial charge on any atom is 0.165 e. The number of nitrogens with two attached hydrogens (primary N) is 1. The monoisotopic (exact) mass is 239 g/mol. The number of hydrogen-bond donors (Lipinski definition) is 1.